The Balaban J connectivity index is 1.75. The third kappa shape index (κ3) is 11.2. The second-order valence-corrected chi connectivity index (χ2v) is 4.15. The Morgan fingerprint density at radius 3 is 1.81 bits per heavy atom. The second kappa shape index (κ2) is 13.8. The van der Waals surface area contributed by atoms with Crippen LogP contribution in [0.4, 0.5) is 5.69 Å². The number of nitrogens with one attached hydrogen (secondary N) is 1. The molecule has 0 saturated carbocycles. The van der Waals surface area contributed by atoms with Gasteiger partial charge in [0, 0.05) is 7.11 Å². The van der Waals surface area contributed by atoms with Crippen LogP contribution in [0.3, 0.4) is 0 Å². The smallest absolute Gasteiger partial charge is 0.0979 e. The molecule has 0 aliphatic carbocycles. The van der Waals surface area contributed by atoms with Crippen molar-refractivity contribution in [2.75, 3.05) is 65.4 Å². The summed E-state index contributed by atoms with van der Waals surface area (Å²) in [4.78, 5) is 5.25. The highest BCUT2D eigenvalue weighted by molar-refractivity contribution is 5.39. The fraction of sp³-hybridized carbons (Fsp3) is 0.600. The second-order valence-electron chi connectivity index (χ2n) is 4.15. The Bertz CT molecular complexity index is 323. The summed E-state index contributed by atoms with van der Waals surface area (Å²) in [6, 6.07) is 9.71. The molecule has 6 nitrogen and oxygen atoms in total. The standard InChI is InChI=1S/C15H25NO5/c1-17-7-8-18-9-10-19-11-12-20-13-14-21-16-15-5-3-2-4-6-15/h2-6,16H,7-14H2,1H3. The van der Waals surface area contributed by atoms with Crippen molar-refractivity contribution in [2.24, 2.45) is 0 Å². The van der Waals surface area contributed by atoms with E-state index in [2.05, 4.69) is 5.48 Å². The number of rotatable bonds is 14. The van der Waals surface area contributed by atoms with E-state index in [1.165, 1.54) is 0 Å². The van der Waals surface area contributed by atoms with Gasteiger partial charge in [0.1, 0.15) is 0 Å². The van der Waals surface area contributed by atoms with E-state index in [1.54, 1.807) is 7.11 Å². The van der Waals surface area contributed by atoms with Gasteiger partial charge < -0.3 is 18.9 Å². The van der Waals surface area contributed by atoms with Gasteiger partial charge >= 0.3 is 0 Å². The minimum Gasteiger partial charge on any atom is -0.382 e. The van der Waals surface area contributed by atoms with Gasteiger partial charge in [-0.25, -0.2) is 0 Å². The summed E-state index contributed by atoms with van der Waals surface area (Å²) in [5.41, 5.74) is 3.77. The maximum Gasteiger partial charge on any atom is 0.0979 e. The minimum atomic E-state index is 0.481. The lowest BCUT2D eigenvalue weighted by Crippen LogP contribution is -2.13. The first-order valence-electron chi connectivity index (χ1n) is 7.08. The van der Waals surface area contributed by atoms with Crippen LogP contribution in [0.5, 0.6) is 0 Å². The predicted molar refractivity (Wildman–Crippen MR) is 80.3 cm³/mol. The van der Waals surface area contributed by atoms with Crippen molar-refractivity contribution in [3.8, 4) is 0 Å². The molecular formula is C15H25NO5. The lowest BCUT2D eigenvalue weighted by molar-refractivity contribution is -0.00394. The van der Waals surface area contributed by atoms with E-state index in [0.29, 0.717) is 52.9 Å². The van der Waals surface area contributed by atoms with E-state index >= 15 is 0 Å². The van der Waals surface area contributed by atoms with Gasteiger partial charge in [-0.3, -0.25) is 10.3 Å². The van der Waals surface area contributed by atoms with Gasteiger partial charge in [-0.15, -0.1) is 0 Å². The molecule has 0 amide bonds. The quantitative estimate of drug-likeness (QED) is 0.417. The van der Waals surface area contributed by atoms with Gasteiger partial charge in [0.15, 0.2) is 0 Å². The van der Waals surface area contributed by atoms with E-state index in [9.17, 15) is 0 Å². The van der Waals surface area contributed by atoms with E-state index in [-0.39, 0.29) is 0 Å². The fourth-order valence-electron chi connectivity index (χ4n) is 1.43. The Morgan fingerprint density at radius 1 is 0.714 bits per heavy atom. The summed E-state index contributed by atoms with van der Waals surface area (Å²) < 4.78 is 20.8. The van der Waals surface area contributed by atoms with Crippen LogP contribution in [-0.2, 0) is 23.8 Å². The van der Waals surface area contributed by atoms with Gasteiger partial charge in [-0.1, -0.05) is 18.2 Å². The average molecular weight is 299 g/mol. The molecule has 1 rings (SSSR count). The largest absolute Gasteiger partial charge is 0.382 e. The zero-order chi connectivity index (χ0) is 15.0. The normalized spacial score (nSPS) is 10.7. The first kappa shape index (κ1) is 17.9. The first-order valence-corrected chi connectivity index (χ1v) is 7.08. The van der Waals surface area contributed by atoms with Gasteiger partial charge in [0.2, 0.25) is 0 Å². The van der Waals surface area contributed by atoms with Crippen molar-refractivity contribution >= 4 is 5.69 Å². The number of methoxy groups -OCH3 is 1. The van der Waals surface area contributed by atoms with Crippen LogP contribution < -0.4 is 5.48 Å². The molecule has 0 aliphatic heterocycles. The number of hydrogen-bond donors (Lipinski definition) is 1. The zero-order valence-electron chi connectivity index (χ0n) is 12.6. The first-order chi connectivity index (χ1) is 10.4. The molecule has 0 spiro atoms. The van der Waals surface area contributed by atoms with E-state index in [1.807, 2.05) is 30.3 Å². The fourth-order valence-corrected chi connectivity index (χ4v) is 1.43. The van der Waals surface area contributed by atoms with Crippen molar-refractivity contribution in [2.45, 2.75) is 0 Å². The Hall–Kier alpha value is -1.18. The van der Waals surface area contributed by atoms with Crippen molar-refractivity contribution in [1.82, 2.24) is 0 Å². The molecule has 0 aromatic heterocycles. The van der Waals surface area contributed by atoms with Crippen LogP contribution in [0, 0.1) is 0 Å². The molecule has 21 heavy (non-hydrogen) atoms. The molecule has 6 heteroatoms. The third-order valence-corrected chi connectivity index (χ3v) is 2.47. The third-order valence-electron chi connectivity index (χ3n) is 2.47. The molecule has 0 unspecified atom stereocenters. The van der Waals surface area contributed by atoms with E-state index in [4.69, 9.17) is 23.8 Å². The molecule has 0 radical (unpaired) electrons. The molecule has 0 bridgehead atoms. The molecule has 1 aromatic rings. The summed E-state index contributed by atoms with van der Waals surface area (Å²) in [7, 11) is 1.65. The molecule has 1 aromatic carbocycles. The maximum absolute atomic E-state index is 5.37. The van der Waals surface area contributed by atoms with Crippen LogP contribution in [0.1, 0.15) is 0 Å². The molecule has 0 aliphatic rings. The van der Waals surface area contributed by atoms with Crippen molar-refractivity contribution in [3.05, 3.63) is 30.3 Å². The van der Waals surface area contributed by atoms with E-state index in [0.717, 1.165) is 5.69 Å². The summed E-state index contributed by atoms with van der Waals surface area (Å²) in [5, 5.41) is 0. The van der Waals surface area contributed by atoms with Crippen LogP contribution >= 0.6 is 0 Å². The van der Waals surface area contributed by atoms with Gasteiger partial charge in [-0.05, 0) is 12.1 Å². The summed E-state index contributed by atoms with van der Waals surface area (Å²) in [6.07, 6.45) is 0. The zero-order valence-corrected chi connectivity index (χ0v) is 12.6. The lowest BCUT2D eigenvalue weighted by atomic mass is 10.3. The molecule has 0 saturated heterocycles. The van der Waals surface area contributed by atoms with E-state index < -0.39 is 0 Å². The Labute approximate surface area is 126 Å². The monoisotopic (exact) mass is 299 g/mol. The number of benzene rings is 1. The van der Waals surface area contributed by atoms with Crippen molar-refractivity contribution in [3.63, 3.8) is 0 Å². The van der Waals surface area contributed by atoms with Gasteiger partial charge in [0.05, 0.1) is 58.5 Å². The van der Waals surface area contributed by atoms with Crippen LogP contribution in [0.15, 0.2) is 30.3 Å². The number of ether oxygens (including phenoxy) is 4. The Morgan fingerprint density at radius 2 is 1.24 bits per heavy atom. The Kier molecular flexibility index (Phi) is 11.7. The van der Waals surface area contributed by atoms with Crippen LogP contribution in [-0.4, -0.2) is 60.0 Å². The SMILES string of the molecule is COCCOCCOCCOCCONc1ccccc1. The lowest BCUT2D eigenvalue weighted by Gasteiger charge is -2.08. The van der Waals surface area contributed by atoms with Crippen LogP contribution in [0.2, 0.25) is 0 Å². The molecule has 120 valence electrons. The van der Waals surface area contributed by atoms with Gasteiger partial charge in [-0.2, -0.15) is 0 Å². The highest BCUT2D eigenvalue weighted by Gasteiger charge is 1.93. The number of para-hydroxylation sites is 1. The van der Waals surface area contributed by atoms with Crippen molar-refractivity contribution < 1.29 is 23.8 Å². The molecule has 0 heterocycles. The molecule has 0 fully saturated rings. The molecule has 0 atom stereocenters. The molecular weight excluding hydrogens is 274 g/mol. The van der Waals surface area contributed by atoms with Crippen molar-refractivity contribution in [1.29, 1.82) is 0 Å². The molecule has 1 N–H and O–H groups in total. The summed E-state index contributed by atoms with van der Waals surface area (Å²) in [6.45, 7) is 4.46. The van der Waals surface area contributed by atoms with Crippen LogP contribution in [0.25, 0.3) is 0 Å². The highest BCUT2D eigenvalue weighted by atomic mass is 16.7. The predicted octanol–water partition coefficient (Wildman–Crippen LogP) is 1.73. The summed E-state index contributed by atoms with van der Waals surface area (Å²) in [5.74, 6) is 0. The summed E-state index contributed by atoms with van der Waals surface area (Å²) >= 11 is 0. The topological polar surface area (TPSA) is 58.2 Å². The minimum absolute atomic E-state index is 0.481. The number of anilines is 1. The maximum atomic E-state index is 5.37. The highest BCUT2D eigenvalue weighted by Crippen LogP contribution is 2.03. The van der Waals surface area contributed by atoms with Gasteiger partial charge in [0.25, 0.3) is 0 Å². The average Bonchev–Trinajstić information content (AvgIpc) is 2.53. The number of hydrogen-bond acceptors (Lipinski definition) is 6.